The van der Waals surface area contributed by atoms with Crippen molar-refractivity contribution in [1.82, 2.24) is 5.32 Å². The van der Waals surface area contributed by atoms with Crippen molar-refractivity contribution in [3.05, 3.63) is 39.4 Å². The number of nitro benzene ring substituents is 1. The summed E-state index contributed by atoms with van der Waals surface area (Å²) in [6.45, 7) is 2.13. The van der Waals surface area contributed by atoms with Crippen LogP contribution in [0.4, 0.5) is 5.69 Å². The van der Waals surface area contributed by atoms with Crippen molar-refractivity contribution in [3.63, 3.8) is 0 Å². The van der Waals surface area contributed by atoms with E-state index in [1.54, 1.807) is 19.1 Å². The van der Waals surface area contributed by atoms with E-state index in [0.717, 1.165) is 0 Å². The minimum atomic E-state index is -0.503. The van der Waals surface area contributed by atoms with Gasteiger partial charge in [-0.05, 0) is 31.7 Å². The number of hydrogen-bond acceptors (Lipinski definition) is 3. The number of halogens is 1. The second-order valence-corrected chi connectivity index (χ2v) is 5.97. The van der Waals surface area contributed by atoms with Crippen LogP contribution in [-0.2, 0) is 0 Å². The Labute approximate surface area is 119 Å². The highest BCUT2D eigenvalue weighted by molar-refractivity contribution is 9.09. The normalized spacial score (nSPS) is 15.9. The molecule has 19 heavy (non-hydrogen) atoms. The largest absolute Gasteiger partial charge is 0.351 e. The third-order valence-corrected chi connectivity index (χ3v) is 4.33. The molecule has 1 aliphatic carbocycles. The van der Waals surface area contributed by atoms with E-state index in [9.17, 15) is 14.9 Å². The van der Waals surface area contributed by atoms with Crippen molar-refractivity contribution in [3.8, 4) is 0 Å². The van der Waals surface area contributed by atoms with E-state index < -0.39 is 4.92 Å². The van der Waals surface area contributed by atoms with Crippen LogP contribution in [0.25, 0.3) is 0 Å². The van der Waals surface area contributed by atoms with Gasteiger partial charge in [0.1, 0.15) is 5.56 Å². The van der Waals surface area contributed by atoms with Crippen molar-refractivity contribution in [2.45, 2.75) is 24.6 Å². The van der Waals surface area contributed by atoms with Crippen LogP contribution in [0, 0.1) is 23.0 Å². The molecular formula is C13H15BrN2O3. The number of carbonyl (C=O) groups excluding carboxylic acids is 1. The highest BCUT2D eigenvalue weighted by atomic mass is 79.9. The van der Waals surface area contributed by atoms with E-state index in [1.807, 2.05) is 0 Å². The Bertz CT molecular complexity index is 515. The topological polar surface area (TPSA) is 72.2 Å². The van der Waals surface area contributed by atoms with E-state index in [0.29, 0.717) is 18.0 Å². The molecule has 0 spiro atoms. The molecule has 6 heteroatoms. The third kappa shape index (κ3) is 3.32. The van der Waals surface area contributed by atoms with Crippen molar-refractivity contribution >= 4 is 27.5 Å². The van der Waals surface area contributed by atoms with Crippen LogP contribution in [0.15, 0.2) is 18.2 Å². The Kier molecular flexibility index (Phi) is 4.19. The zero-order valence-electron chi connectivity index (χ0n) is 10.6. The first-order valence-electron chi connectivity index (χ1n) is 6.17. The number of benzene rings is 1. The summed E-state index contributed by atoms with van der Waals surface area (Å²) in [5.41, 5.74) is 0.508. The van der Waals surface area contributed by atoms with Gasteiger partial charge in [0.15, 0.2) is 0 Å². The lowest BCUT2D eigenvalue weighted by molar-refractivity contribution is -0.385. The van der Waals surface area contributed by atoms with Gasteiger partial charge in [0.2, 0.25) is 0 Å². The van der Waals surface area contributed by atoms with Crippen molar-refractivity contribution < 1.29 is 9.72 Å². The Hall–Kier alpha value is -1.43. The number of alkyl halides is 1. The van der Waals surface area contributed by atoms with Gasteiger partial charge in [0.05, 0.1) is 4.92 Å². The second-order valence-electron chi connectivity index (χ2n) is 4.79. The predicted molar refractivity (Wildman–Crippen MR) is 75.6 cm³/mol. The molecular weight excluding hydrogens is 312 g/mol. The van der Waals surface area contributed by atoms with Gasteiger partial charge in [0, 0.05) is 16.9 Å². The SMILES string of the molecule is Cc1cccc(C(=O)NCC(Br)C2CC2)c1[N+](=O)[O-]. The maximum absolute atomic E-state index is 12.0. The van der Waals surface area contributed by atoms with Crippen LogP contribution >= 0.6 is 15.9 Å². The fourth-order valence-electron chi connectivity index (χ4n) is 1.99. The molecule has 2 rings (SSSR count). The first-order valence-corrected chi connectivity index (χ1v) is 7.08. The highest BCUT2D eigenvalue weighted by Gasteiger charge is 2.30. The number of amides is 1. The van der Waals surface area contributed by atoms with Crippen molar-refractivity contribution in [1.29, 1.82) is 0 Å². The molecule has 1 aliphatic rings. The minimum absolute atomic E-state index is 0.113. The summed E-state index contributed by atoms with van der Waals surface area (Å²) >= 11 is 3.52. The van der Waals surface area contributed by atoms with Crippen LogP contribution < -0.4 is 5.32 Å². The second kappa shape index (κ2) is 5.69. The molecule has 5 nitrogen and oxygen atoms in total. The van der Waals surface area contributed by atoms with Crippen LogP contribution in [0.3, 0.4) is 0 Å². The first-order chi connectivity index (χ1) is 9.00. The predicted octanol–water partition coefficient (Wildman–Crippen LogP) is 2.81. The summed E-state index contributed by atoms with van der Waals surface area (Å²) in [6.07, 6.45) is 2.35. The van der Waals surface area contributed by atoms with Gasteiger partial charge >= 0.3 is 0 Å². The average Bonchev–Trinajstić information content (AvgIpc) is 3.18. The maximum atomic E-state index is 12.0. The Balaban J connectivity index is 2.09. The molecule has 1 unspecified atom stereocenters. The molecule has 1 atom stereocenters. The molecule has 0 aliphatic heterocycles. The number of nitrogens with one attached hydrogen (secondary N) is 1. The lowest BCUT2D eigenvalue weighted by Crippen LogP contribution is -2.30. The van der Waals surface area contributed by atoms with E-state index in [2.05, 4.69) is 21.2 Å². The van der Waals surface area contributed by atoms with Gasteiger partial charge in [-0.1, -0.05) is 28.1 Å². The quantitative estimate of drug-likeness (QED) is 0.513. The number of nitrogens with zero attached hydrogens (tertiary/aromatic N) is 1. The van der Waals surface area contributed by atoms with Crippen LogP contribution in [0.2, 0.25) is 0 Å². The molecule has 1 N–H and O–H groups in total. The molecule has 1 aromatic rings. The summed E-state index contributed by atoms with van der Waals surface area (Å²) in [5, 5.41) is 13.8. The third-order valence-electron chi connectivity index (χ3n) is 3.26. The van der Waals surface area contributed by atoms with Gasteiger partial charge in [-0.2, -0.15) is 0 Å². The Morgan fingerprint density at radius 1 is 1.58 bits per heavy atom. The monoisotopic (exact) mass is 326 g/mol. The van der Waals surface area contributed by atoms with Crippen LogP contribution in [0.1, 0.15) is 28.8 Å². The van der Waals surface area contributed by atoms with E-state index in [4.69, 9.17) is 0 Å². The maximum Gasteiger partial charge on any atom is 0.285 e. The summed E-state index contributed by atoms with van der Waals surface area (Å²) in [5.74, 6) is 0.230. The van der Waals surface area contributed by atoms with Crippen molar-refractivity contribution in [2.24, 2.45) is 5.92 Å². The molecule has 0 bridgehead atoms. The molecule has 0 radical (unpaired) electrons. The van der Waals surface area contributed by atoms with Gasteiger partial charge in [-0.15, -0.1) is 0 Å². The van der Waals surface area contributed by atoms with Crippen LogP contribution in [0.5, 0.6) is 0 Å². The molecule has 0 aromatic heterocycles. The number of hydrogen-bond donors (Lipinski definition) is 1. The zero-order chi connectivity index (χ0) is 14.0. The molecule has 0 heterocycles. The van der Waals surface area contributed by atoms with E-state index >= 15 is 0 Å². The molecule has 0 saturated heterocycles. The summed E-state index contributed by atoms with van der Waals surface area (Å²) in [7, 11) is 0. The Morgan fingerprint density at radius 2 is 2.26 bits per heavy atom. The van der Waals surface area contributed by atoms with Gasteiger partial charge in [-0.3, -0.25) is 14.9 Å². The first kappa shape index (κ1) is 14.0. The van der Waals surface area contributed by atoms with Gasteiger partial charge < -0.3 is 5.32 Å². The summed E-state index contributed by atoms with van der Waals surface area (Å²) in [6, 6.07) is 4.77. The molecule has 1 aromatic carbocycles. The average molecular weight is 327 g/mol. The lowest BCUT2D eigenvalue weighted by atomic mass is 10.1. The Morgan fingerprint density at radius 3 is 2.84 bits per heavy atom. The molecule has 1 amide bonds. The zero-order valence-corrected chi connectivity index (χ0v) is 12.1. The number of rotatable bonds is 5. The number of aryl methyl sites for hydroxylation is 1. The fraction of sp³-hybridized carbons (Fsp3) is 0.462. The molecule has 102 valence electrons. The van der Waals surface area contributed by atoms with Crippen molar-refractivity contribution in [2.75, 3.05) is 6.54 Å². The molecule has 1 saturated carbocycles. The van der Waals surface area contributed by atoms with Gasteiger partial charge in [0.25, 0.3) is 11.6 Å². The standard InChI is InChI=1S/C13H15BrN2O3/c1-8-3-2-4-10(12(8)16(18)19)13(17)15-7-11(14)9-5-6-9/h2-4,9,11H,5-7H2,1H3,(H,15,17). The lowest BCUT2D eigenvalue weighted by Gasteiger charge is -2.10. The molecule has 1 fully saturated rings. The number of para-hydroxylation sites is 1. The fourth-order valence-corrected chi connectivity index (χ4v) is 2.69. The smallest absolute Gasteiger partial charge is 0.285 e. The summed E-state index contributed by atoms with van der Waals surface area (Å²) in [4.78, 5) is 22.8. The number of carbonyl (C=O) groups is 1. The van der Waals surface area contributed by atoms with Gasteiger partial charge in [-0.25, -0.2) is 0 Å². The number of nitro groups is 1. The highest BCUT2D eigenvalue weighted by Crippen LogP contribution is 2.36. The minimum Gasteiger partial charge on any atom is -0.351 e. The van der Waals surface area contributed by atoms with E-state index in [-0.39, 0.29) is 22.0 Å². The van der Waals surface area contributed by atoms with E-state index in [1.165, 1.54) is 18.9 Å². The summed E-state index contributed by atoms with van der Waals surface area (Å²) < 4.78 is 0. The van der Waals surface area contributed by atoms with Crippen LogP contribution in [-0.4, -0.2) is 22.2 Å².